The van der Waals surface area contributed by atoms with E-state index in [1.165, 1.54) is 0 Å². The fourth-order valence-electron chi connectivity index (χ4n) is 2.55. The van der Waals surface area contributed by atoms with Crippen molar-refractivity contribution in [3.8, 4) is 11.5 Å². The number of hydrogen-bond acceptors (Lipinski definition) is 4. The summed E-state index contributed by atoms with van der Waals surface area (Å²) in [6, 6.07) is 12.8. The molecule has 3 rings (SSSR count). The van der Waals surface area contributed by atoms with Crippen LogP contribution in [-0.4, -0.2) is 25.2 Å². The molecular weight excluding hydrogens is 318 g/mol. The lowest BCUT2D eigenvalue weighted by Gasteiger charge is -2.11. The van der Waals surface area contributed by atoms with Crippen LogP contribution in [0.15, 0.2) is 54.9 Å². The van der Waals surface area contributed by atoms with Gasteiger partial charge in [0.25, 0.3) is 0 Å². The SMILES string of the molecule is COc1cc(CNC(=O)Nc2cccc3cnccc23)cc(OC)c1. The van der Waals surface area contributed by atoms with E-state index in [1.54, 1.807) is 32.7 Å². The van der Waals surface area contributed by atoms with Crippen molar-refractivity contribution in [1.82, 2.24) is 10.3 Å². The average Bonchev–Trinajstić information content (AvgIpc) is 2.66. The fraction of sp³-hybridized carbons (Fsp3) is 0.158. The molecule has 2 N–H and O–H groups in total. The maximum atomic E-state index is 12.2. The van der Waals surface area contributed by atoms with Crippen LogP contribution in [0.1, 0.15) is 5.56 Å². The van der Waals surface area contributed by atoms with Crippen LogP contribution in [-0.2, 0) is 6.54 Å². The van der Waals surface area contributed by atoms with Gasteiger partial charge in [0.05, 0.1) is 19.9 Å². The number of methoxy groups -OCH3 is 2. The van der Waals surface area contributed by atoms with Gasteiger partial charge in [-0.25, -0.2) is 4.79 Å². The van der Waals surface area contributed by atoms with Gasteiger partial charge in [0.2, 0.25) is 0 Å². The summed E-state index contributed by atoms with van der Waals surface area (Å²) in [6.45, 7) is 0.353. The van der Waals surface area contributed by atoms with Crippen molar-refractivity contribution in [3.05, 3.63) is 60.4 Å². The van der Waals surface area contributed by atoms with Gasteiger partial charge in [0, 0.05) is 35.8 Å². The van der Waals surface area contributed by atoms with Gasteiger partial charge in [-0.05, 0) is 29.8 Å². The van der Waals surface area contributed by atoms with Gasteiger partial charge in [0.15, 0.2) is 0 Å². The molecule has 25 heavy (non-hydrogen) atoms. The number of benzene rings is 2. The molecule has 0 radical (unpaired) electrons. The third-order valence-electron chi connectivity index (χ3n) is 3.79. The Bertz CT molecular complexity index is 868. The number of hydrogen-bond donors (Lipinski definition) is 2. The molecule has 0 spiro atoms. The number of nitrogens with one attached hydrogen (secondary N) is 2. The first kappa shape index (κ1) is 16.6. The Kier molecular flexibility index (Phi) is 4.99. The van der Waals surface area contributed by atoms with Crippen molar-refractivity contribution in [2.75, 3.05) is 19.5 Å². The number of aromatic nitrogens is 1. The van der Waals surface area contributed by atoms with Crippen molar-refractivity contribution in [1.29, 1.82) is 0 Å². The van der Waals surface area contributed by atoms with E-state index in [2.05, 4.69) is 15.6 Å². The largest absolute Gasteiger partial charge is 0.497 e. The maximum absolute atomic E-state index is 12.2. The summed E-state index contributed by atoms with van der Waals surface area (Å²) < 4.78 is 10.5. The number of carbonyl (C=O) groups is 1. The molecule has 0 fully saturated rings. The Balaban J connectivity index is 1.69. The highest BCUT2D eigenvalue weighted by Gasteiger charge is 2.07. The van der Waals surface area contributed by atoms with E-state index in [9.17, 15) is 4.79 Å². The average molecular weight is 337 g/mol. The van der Waals surface area contributed by atoms with Gasteiger partial charge >= 0.3 is 6.03 Å². The fourth-order valence-corrected chi connectivity index (χ4v) is 2.55. The molecular formula is C19H19N3O3. The summed E-state index contributed by atoms with van der Waals surface area (Å²) in [5, 5.41) is 7.62. The van der Waals surface area contributed by atoms with Gasteiger partial charge in [-0.1, -0.05) is 12.1 Å². The Hall–Kier alpha value is -3.28. The van der Waals surface area contributed by atoms with Gasteiger partial charge < -0.3 is 20.1 Å². The monoisotopic (exact) mass is 337 g/mol. The lowest BCUT2D eigenvalue weighted by molar-refractivity contribution is 0.251. The molecule has 6 heteroatoms. The Morgan fingerprint density at radius 3 is 2.56 bits per heavy atom. The van der Waals surface area contributed by atoms with Crippen LogP contribution in [0.25, 0.3) is 10.8 Å². The van der Waals surface area contributed by atoms with Crippen LogP contribution in [0.3, 0.4) is 0 Å². The lowest BCUT2D eigenvalue weighted by atomic mass is 10.1. The number of rotatable bonds is 5. The minimum absolute atomic E-state index is 0.286. The van der Waals surface area contributed by atoms with Crippen molar-refractivity contribution in [3.63, 3.8) is 0 Å². The van der Waals surface area contributed by atoms with E-state index in [4.69, 9.17) is 9.47 Å². The van der Waals surface area contributed by atoms with Gasteiger partial charge in [-0.15, -0.1) is 0 Å². The van der Waals surface area contributed by atoms with Crippen LogP contribution in [0.2, 0.25) is 0 Å². The van der Waals surface area contributed by atoms with Crippen molar-refractivity contribution in [2.45, 2.75) is 6.54 Å². The summed E-state index contributed by atoms with van der Waals surface area (Å²) in [5.74, 6) is 1.36. The zero-order valence-electron chi connectivity index (χ0n) is 14.1. The molecule has 3 aromatic rings. The third-order valence-corrected chi connectivity index (χ3v) is 3.79. The zero-order valence-corrected chi connectivity index (χ0v) is 14.1. The second-order valence-electron chi connectivity index (χ2n) is 5.43. The Morgan fingerprint density at radius 2 is 1.84 bits per heavy atom. The first-order valence-electron chi connectivity index (χ1n) is 7.79. The van der Waals surface area contributed by atoms with Crippen molar-refractivity contribution >= 4 is 22.5 Å². The number of carbonyl (C=O) groups excluding carboxylic acids is 1. The lowest BCUT2D eigenvalue weighted by Crippen LogP contribution is -2.28. The molecule has 0 aliphatic carbocycles. The molecule has 1 aromatic heterocycles. The third kappa shape index (κ3) is 3.98. The standard InChI is InChI=1S/C19H19N3O3/c1-24-15-8-13(9-16(10-15)25-2)11-21-19(23)22-18-5-3-4-14-12-20-7-6-17(14)18/h3-10,12H,11H2,1-2H3,(H2,21,22,23). The highest BCUT2D eigenvalue weighted by molar-refractivity contribution is 6.01. The number of fused-ring (bicyclic) bond motifs is 1. The molecule has 2 aromatic carbocycles. The van der Waals surface area contributed by atoms with Gasteiger partial charge in [-0.3, -0.25) is 4.98 Å². The van der Waals surface area contributed by atoms with E-state index in [1.807, 2.05) is 36.4 Å². The van der Waals surface area contributed by atoms with E-state index >= 15 is 0 Å². The predicted octanol–water partition coefficient (Wildman–Crippen LogP) is 3.57. The zero-order chi connectivity index (χ0) is 17.6. The second-order valence-corrected chi connectivity index (χ2v) is 5.43. The van der Waals surface area contributed by atoms with E-state index in [0.717, 1.165) is 22.0 Å². The number of ether oxygens (including phenoxy) is 2. The number of anilines is 1. The van der Waals surface area contributed by atoms with Gasteiger partial charge in [-0.2, -0.15) is 0 Å². The summed E-state index contributed by atoms with van der Waals surface area (Å²) in [6.07, 6.45) is 3.47. The normalized spacial score (nSPS) is 10.3. The minimum atomic E-state index is -0.286. The summed E-state index contributed by atoms with van der Waals surface area (Å²) in [7, 11) is 3.18. The van der Waals surface area contributed by atoms with Gasteiger partial charge in [0.1, 0.15) is 11.5 Å². The van der Waals surface area contributed by atoms with Crippen LogP contribution in [0.4, 0.5) is 10.5 Å². The molecule has 0 aliphatic heterocycles. The predicted molar refractivity (Wildman–Crippen MR) is 97.1 cm³/mol. The topological polar surface area (TPSA) is 72.5 Å². The van der Waals surface area contributed by atoms with E-state index in [0.29, 0.717) is 18.0 Å². The molecule has 0 atom stereocenters. The molecule has 2 amide bonds. The summed E-state index contributed by atoms with van der Waals surface area (Å²) in [5.41, 5.74) is 1.62. The molecule has 0 saturated heterocycles. The molecule has 128 valence electrons. The molecule has 0 unspecified atom stereocenters. The number of pyridine rings is 1. The summed E-state index contributed by atoms with van der Waals surface area (Å²) in [4.78, 5) is 16.3. The molecule has 0 aliphatic rings. The Labute approximate surface area is 145 Å². The minimum Gasteiger partial charge on any atom is -0.497 e. The van der Waals surface area contributed by atoms with Crippen LogP contribution in [0.5, 0.6) is 11.5 Å². The number of urea groups is 1. The highest BCUT2D eigenvalue weighted by Crippen LogP contribution is 2.23. The first-order valence-corrected chi connectivity index (χ1v) is 7.79. The number of nitrogens with zero attached hydrogens (tertiary/aromatic N) is 1. The maximum Gasteiger partial charge on any atom is 0.319 e. The second kappa shape index (κ2) is 7.53. The number of amides is 2. The molecule has 1 heterocycles. The first-order chi connectivity index (χ1) is 12.2. The molecule has 6 nitrogen and oxygen atoms in total. The summed E-state index contributed by atoms with van der Waals surface area (Å²) >= 11 is 0. The van der Waals surface area contributed by atoms with Crippen molar-refractivity contribution in [2.24, 2.45) is 0 Å². The van der Waals surface area contributed by atoms with Crippen LogP contribution in [0, 0.1) is 0 Å². The molecule has 0 bridgehead atoms. The van der Waals surface area contributed by atoms with E-state index < -0.39 is 0 Å². The Morgan fingerprint density at radius 1 is 1.08 bits per heavy atom. The smallest absolute Gasteiger partial charge is 0.319 e. The van der Waals surface area contributed by atoms with Crippen LogP contribution < -0.4 is 20.1 Å². The van der Waals surface area contributed by atoms with Crippen molar-refractivity contribution < 1.29 is 14.3 Å². The molecule has 0 saturated carbocycles. The highest BCUT2D eigenvalue weighted by atomic mass is 16.5. The van der Waals surface area contributed by atoms with Crippen LogP contribution >= 0.6 is 0 Å². The van der Waals surface area contributed by atoms with E-state index in [-0.39, 0.29) is 6.03 Å². The quantitative estimate of drug-likeness (QED) is 0.746.